The summed E-state index contributed by atoms with van der Waals surface area (Å²) in [6.07, 6.45) is 10.5. The quantitative estimate of drug-likeness (QED) is 0.184. The van der Waals surface area contributed by atoms with E-state index in [1.165, 1.54) is 0 Å². The number of carbonyl (C=O) groups excluding carboxylic acids is 2. The lowest BCUT2D eigenvalue weighted by Crippen LogP contribution is -2.30. The summed E-state index contributed by atoms with van der Waals surface area (Å²) in [6, 6.07) is 7.49. The van der Waals surface area contributed by atoms with E-state index < -0.39 is 11.2 Å². The Morgan fingerprint density at radius 2 is 1.13 bits per heavy atom. The summed E-state index contributed by atoms with van der Waals surface area (Å²) in [4.78, 5) is 33.7. The highest BCUT2D eigenvalue weighted by Gasteiger charge is 2.32. The number of halogens is 1. The van der Waals surface area contributed by atoms with E-state index in [-0.39, 0.29) is 23.8 Å². The molecule has 0 radical (unpaired) electrons. The molecule has 0 aromatic carbocycles. The Morgan fingerprint density at radius 3 is 1.59 bits per heavy atom. The Labute approximate surface area is 275 Å². The number of hydrogen-bond donors (Lipinski definition) is 1. The van der Waals surface area contributed by atoms with Crippen LogP contribution in [0.25, 0.3) is 11.3 Å². The van der Waals surface area contributed by atoms with Crippen LogP contribution in [0.4, 0.5) is 5.82 Å². The molecule has 248 valence electrons. The van der Waals surface area contributed by atoms with E-state index in [2.05, 4.69) is 20.2 Å². The number of nitrogens with two attached hydrogens (primary N) is 1. The number of nitrogen functional groups attached to an aromatic ring is 1. The number of ether oxygens (including phenoxy) is 2. The number of nitrogens with zero attached hydrogens (tertiary/aromatic N) is 6. The maximum absolute atomic E-state index is 12.2. The van der Waals surface area contributed by atoms with Crippen molar-refractivity contribution in [3.63, 3.8) is 0 Å². The minimum atomic E-state index is -0.421. The smallest absolute Gasteiger partial charge is 0.309 e. The van der Waals surface area contributed by atoms with Gasteiger partial charge in [0.15, 0.2) is 11.3 Å². The van der Waals surface area contributed by atoms with Crippen LogP contribution in [0.3, 0.4) is 0 Å². The van der Waals surface area contributed by atoms with E-state index in [9.17, 15) is 9.59 Å². The third kappa shape index (κ3) is 8.34. The molecule has 0 aliphatic heterocycles. The molecule has 2 N–H and O–H groups in total. The van der Waals surface area contributed by atoms with Gasteiger partial charge in [-0.05, 0) is 99.0 Å². The van der Waals surface area contributed by atoms with Crippen LogP contribution in [0.2, 0.25) is 5.15 Å². The van der Waals surface area contributed by atoms with Crippen LogP contribution in [0.5, 0.6) is 0 Å². The molecule has 11 nitrogen and oxygen atoms in total. The Bertz CT molecular complexity index is 1550. The van der Waals surface area contributed by atoms with Crippen LogP contribution in [0.15, 0.2) is 36.7 Å². The Morgan fingerprint density at radius 1 is 0.717 bits per heavy atom. The van der Waals surface area contributed by atoms with Gasteiger partial charge in [-0.3, -0.25) is 9.59 Å². The molecule has 4 aromatic heterocycles. The van der Waals surface area contributed by atoms with Crippen LogP contribution in [-0.2, 0) is 19.1 Å². The third-order valence-electron chi connectivity index (χ3n) is 8.51. The number of aromatic nitrogens is 6. The Hall–Kier alpha value is -3.73. The highest BCUT2D eigenvalue weighted by atomic mass is 35.5. The SMILES string of the molecule is CC(C)(C)OC(=O)C1CCC(c2cc(Cl)n3nccc3n2)CC1.CC(C)(C)OC(=O)C1CCC(c2cc(N)n3nccc3n2)CC1. The zero-order valence-corrected chi connectivity index (χ0v) is 28.5. The maximum atomic E-state index is 12.2. The number of carbonyl (C=O) groups is 2. The molecule has 0 bridgehead atoms. The number of fused-ring (bicyclic) bond motifs is 2. The molecular formula is C34H46ClN7O4. The highest BCUT2D eigenvalue weighted by Crippen LogP contribution is 2.38. The minimum absolute atomic E-state index is 0.000329. The van der Waals surface area contributed by atoms with Gasteiger partial charge in [0.05, 0.1) is 24.2 Å². The van der Waals surface area contributed by atoms with Gasteiger partial charge in [-0.1, -0.05) is 11.6 Å². The van der Waals surface area contributed by atoms with Gasteiger partial charge in [-0.15, -0.1) is 0 Å². The summed E-state index contributed by atoms with van der Waals surface area (Å²) in [5.74, 6) is 1.13. The minimum Gasteiger partial charge on any atom is -0.460 e. The summed E-state index contributed by atoms with van der Waals surface area (Å²) < 4.78 is 14.3. The van der Waals surface area contributed by atoms with Crippen molar-refractivity contribution in [2.24, 2.45) is 11.8 Å². The first-order valence-electron chi connectivity index (χ1n) is 16.2. The second kappa shape index (κ2) is 13.6. The molecule has 4 heterocycles. The van der Waals surface area contributed by atoms with Crippen molar-refractivity contribution < 1.29 is 19.1 Å². The lowest BCUT2D eigenvalue weighted by atomic mass is 9.80. The predicted octanol–water partition coefficient (Wildman–Crippen LogP) is 6.93. The molecule has 12 heteroatoms. The highest BCUT2D eigenvalue weighted by molar-refractivity contribution is 6.29. The van der Waals surface area contributed by atoms with Gasteiger partial charge in [0.2, 0.25) is 0 Å². The number of esters is 2. The van der Waals surface area contributed by atoms with Gasteiger partial charge in [-0.2, -0.15) is 14.7 Å². The molecule has 6 rings (SSSR count). The summed E-state index contributed by atoms with van der Waals surface area (Å²) in [5.41, 5.74) is 8.73. The summed E-state index contributed by atoms with van der Waals surface area (Å²) in [5, 5.41) is 8.85. The molecule has 2 aliphatic carbocycles. The monoisotopic (exact) mass is 651 g/mol. The molecule has 4 aromatic rings. The maximum Gasteiger partial charge on any atom is 0.309 e. The first-order chi connectivity index (χ1) is 21.7. The van der Waals surface area contributed by atoms with E-state index in [1.807, 2.05) is 65.8 Å². The average molecular weight is 652 g/mol. The Balaban J connectivity index is 0.000000181. The zero-order chi connectivity index (χ0) is 33.2. The lowest BCUT2D eigenvalue weighted by molar-refractivity contribution is -0.162. The molecule has 2 saturated carbocycles. The standard InChI is InChI=1S/C17H22ClN3O2.C17H24N4O2/c2*1-17(2,3)23-16(22)12-6-4-11(5-7-12)13-10-14(18)21-15(20-13)8-9-19-21/h8-12H,4-7H2,1-3H3;8-12H,4-7,18H2,1-3H3. The molecular weight excluding hydrogens is 606 g/mol. The van der Waals surface area contributed by atoms with Crippen molar-refractivity contribution >= 4 is 40.7 Å². The van der Waals surface area contributed by atoms with Crippen molar-refractivity contribution in [2.75, 3.05) is 5.73 Å². The zero-order valence-electron chi connectivity index (χ0n) is 27.7. The van der Waals surface area contributed by atoms with E-state index in [1.54, 1.807) is 21.4 Å². The first kappa shape index (κ1) is 33.6. The van der Waals surface area contributed by atoms with Crippen LogP contribution in [-0.4, -0.2) is 52.3 Å². The van der Waals surface area contributed by atoms with Crippen LogP contribution in [0, 0.1) is 11.8 Å². The van der Waals surface area contributed by atoms with Gasteiger partial charge in [0, 0.05) is 41.4 Å². The molecule has 46 heavy (non-hydrogen) atoms. The molecule has 0 amide bonds. The molecule has 0 unspecified atom stereocenters. The van der Waals surface area contributed by atoms with Crippen LogP contribution < -0.4 is 5.73 Å². The summed E-state index contributed by atoms with van der Waals surface area (Å²) in [6.45, 7) is 11.4. The van der Waals surface area contributed by atoms with Crippen molar-refractivity contribution in [3.05, 3.63) is 53.2 Å². The lowest BCUT2D eigenvalue weighted by Gasteiger charge is -2.29. The summed E-state index contributed by atoms with van der Waals surface area (Å²) >= 11 is 6.26. The third-order valence-corrected chi connectivity index (χ3v) is 8.78. The molecule has 0 atom stereocenters. The topological polar surface area (TPSA) is 139 Å². The largest absolute Gasteiger partial charge is 0.460 e. The van der Waals surface area contributed by atoms with Crippen molar-refractivity contribution in [2.45, 2.75) is 116 Å². The molecule has 0 spiro atoms. The average Bonchev–Trinajstić information content (AvgIpc) is 3.66. The fourth-order valence-electron chi connectivity index (χ4n) is 6.29. The number of anilines is 1. The second-order valence-electron chi connectivity index (χ2n) is 14.5. The van der Waals surface area contributed by atoms with Gasteiger partial charge in [0.25, 0.3) is 0 Å². The summed E-state index contributed by atoms with van der Waals surface area (Å²) in [7, 11) is 0. The van der Waals surface area contributed by atoms with E-state index in [0.717, 1.165) is 74.0 Å². The van der Waals surface area contributed by atoms with Crippen molar-refractivity contribution in [1.82, 2.24) is 29.2 Å². The fraction of sp³-hybridized carbons (Fsp3) is 0.588. The van der Waals surface area contributed by atoms with Gasteiger partial charge >= 0.3 is 11.9 Å². The van der Waals surface area contributed by atoms with Crippen molar-refractivity contribution in [1.29, 1.82) is 0 Å². The second-order valence-corrected chi connectivity index (χ2v) is 14.9. The predicted molar refractivity (Wildman–Crippen MR) is 176 cm³/mol. The molecule has 2 aliphatic rings. The van der Waals surface area contributed by atoms with Gasteiger partial charge < -0.3 is 15.2 Å². The number of hydrogen-bond acceptors (Lipinski definition) is 9. The first-order valence-corrected chi connectivity index (χ1v) is 16.6. The van der Waals surface area contributed by atoms with Crippen LogP contribution in [0.1, 0.15) is 116 Å². The van der Waals surface area contributed by atoms with E-state index in [0.29, 0.717) is 22.8 Å². The molecule has 0 saturated heterocycles. The molecule has 2 fully saturated rings. The Kier molecular flexibility index (Phi) is 9.91. The van der Waals surface area contributed by atoms with Gasteiger partial charge in [0.1, 0.15) is 22.2 Å². The normalized spacial score (nSPS) is 22.2. The van der Waals surface area contributed by atoms with E-state index >= 15 is 0 Å². The van der Waals surface area contributed by atoms with Crippen LogP contribution >= 0.6 is 11.6 Å². The van der Waals surface area contributed by atoms with Gasteiger partial charge in [-0.25, -0.2) is 14.5 Å². The number of rotatable bonds is 4. The van der Waals surface area contributed by atoms with E-state index in [4.69, 9.17) is 26.8 Å². The fourth-order valence-corrected chi connectivity index (χ4v) is 6.53. The van der Waals surface area contributed by atoms with Crippen molar-refractivity contribution in [3.8, 4) is 0 Å².